The standard InChI is InChI=1S/C24H27N3O4/c25-23(27-10-2-1-3-11-27)17-4-7-20(8-5-17)26-24(30)18-6-9-21-19(14-18)12-16(15-31-21)13-22(28)29/h4-9,14,16,25H,1-3,10-13,15H2,(H,26,30)(H,28,29). The summed E-state index contributed by atoms with van der Waals surface area (Å²) in [5.41, 5.74) is 2.87. The number of benzene rings is 2. The maximum absolute atomic E-state index is 12.7. The number of carbonyl (C=O) groups is 2. The quantitative estimate of drug-likeness (QED) is 0.504. The molecule has 162 valence electrons. The van der Waals surface area contributed by atoms with Gasteiger partial charge in [0, 0.05) is 35.8 Å². The molecule has 0 spiro atoms. The van der Waals surface area contributed by atoms with Gasteiger partial charge in [-0.2, -0.15) is 0 Å². The molecule has 3 N–H and O–H groups in total. The average Bonchev–Trinajstić information content (AvgIpc) is 2.79. The van der Waals surface area contributed by atoms with Gasteiger partial charge in [-0.15, -0.1) is 0 Å². The molecule has 1 amide bonds. The number of rotatable bonds is 5. The molecule has 0 saturated carbocycles. The summed E-state index contributed by atoms with van der Waals surface area (Å²) in [6, 6.07) is 12.6. The Morgan fingerprint density at radius 2 is 1.77 bits per heavy atom. The van der Waals surface area contributed by atoms with Crippen LogP contribution in [0.1, 0.15) is 47.2 Å². The first kappa shape index (κ1) is 20.9. The van der Waals surface area contributed by atoms with Crippen LogP contribution >= 0.6 is 0 Å². The van der Waals surface area contributed by atoms with Gasteiger partial charge in [0.05, 0.1) is 13.0 Å². The molecule has 2 heterocycles. The zero-order valence-electron chi connectivity index (χ0n) is 17.4. The van der Waals surface area contributed by atoms with Crippen molar-refractivity contribution in [2.45, 2.75) is 32.1 Å². The van der Waals surface area contributed by atoms with Crippen LogP contribution in [0.25, 0.3) is 0 Å². The number of piperidine rings is 1. The van der Waals surface area contributed by atoms with Crippen LogP contribution in [-0.4, -0.2) is 47.4 Å². The third-order valence-corrected chi connectivity index (χ3v) is 5.86. The van der Waals surface area contributed by atoms with Crippen molar-refractivity contribution >= 4 is 23.4 Å². The molecular weight excluding hydrogens is 394 g/mol. The molecule has 0 aliphatic carbocycles. The van der Waals surface area contributed by atoms with E-state index in [1.807, 2.05) is 24.3 Å². The molecule has 1 unspecified atom stereocenters. The number of anilines is 1. The van der Waals surface area contributed by atoms with Crippen LogP contribution in [0.15, 0.2) is 42.5 Å². The lowest BCUT2D eigenvalue weighted by Crippen LogP contribution is -2.35. The number of amidine groups is 1. The molecule has 31 heavy (non-hydrogen) atoms. The average molecular weight is 421 g/mol. The molecule has 0 aromatic heterocycles. The number of likely N-dealkylation sites (tertiary alicyclic amines) is 1. The molecule has 4 rings (SSSR count). The van der Waals surface area contributed by atoms with Crippen LogP contribution < -0.4 is 10.1 Å². The van der Waals surface area contributed by atoms with Crippen molar-refractivity contribution in [1.82, 2.24) is 4.90 Å². The third kappa shape index (κ3) is 5.05. The van der Waals surface area contributed by atoms with Gasteiger partial charge in [-0.1, -0.05) is 0 Å². The monoisotopic (exact) mass is 421 g/mol. The largest absolute Gasteiger partial charge is 0.493 e. The number of hydrogen-bond donors (Lipinski definition) is 3. The Kier molecular flexibility index (Phi) is 6.21. The summed E-state index contributed by atoms with van der Waals surface area (Å²) in [6.07, 6.45) is 4.10. The van der Waals surface area contributed by atoms with E-state index in [1.165, 1.54) is 6.42 Å². The van der Waals surface area contributed by atoms with Crippen LogP contribution in [0.4, 0.5) is 5.69 Å². The van der Waals surface area contributed by atoms with Crippen LogP contribution in [0.5, 0.6) is 5.75 Å². The van der Waals surface area contributed by atoms with Crippen LogP contribution in [0, 0.1) is 11.3 Å². The molecule has 0 bridgehead atoms. The molecule has 2 aliphatic rings. The summed E-state index contributed by atoms with van der Waals surface area (Å²) >= 11 is 0. The number of carboxylic acid groups (broad SMARTS) is 1. The van der Waals surface area contributed by atoms with Gasteiger partial charge in [0.2, 0.25) is 0 Å². The highest BCUT2D eigenvalue weighted by molar-refractivity contribution is 6.05. The fraction of sp³-hybridized carbons (Fsp3) is 0.375. The second-order valence-electron chi connectivity index (χ2n) is 8.23. The predicted molar refractivity (Wildman–Crippen MR) is 118 cm³/mol. The van der Waals surface area contributed by atoms with E-state index in [0.717, 1.165) is 37.1 Å². The zero-order valence-corrected chi connectivity index (χ0v) is 17.4. The highest BCUT2D eigenvalue weighted by atomic mass is 16.5. The minimum absolute atomic E-state index is 0.0502. The number of nitrogens with zero attached hydrogens (tertiary/aromatic N) is 1. The lowest BCUT2D eigenvalue weighted by Gasteiger charge is -2.29. The first-order valence-corrected chi connectivity index (χ1v) is 10.7. The summed E-state index contributed by atoms with van der Waals surface area (Å²) in [7, 11) is 0. The molecule has 2 aromatic carbocycles. The van der Waals surface area contributed by atoms with Gasteiger partial charge in [-0.05, 0) is 73.7 Å². The molecule has 7 nitrogen and oxygen atoms in total. The molecule has 2 aliphatic heterocycles. The van der Waals surface area contributed by atoms with Gasteiger partial charge in [-0.3, -0.25) is 15.0 Å². The Balaban J connectivity index is 1.40. The van der Waals surface area contributed by atoms with E-state index in [-0.39, 0.29) is 18.2 Å². The van der Waals surface area contributed by atoms with Gasteiger partial charge in [-0.25, -0.2) is 0 Å². The fourth-order valence-electron chi connectivity index (χ4n) is 4.19. The summed E-state index contributed by atoms with van der Waals surface area (Å²) in [5, 5.41) is 20.3. The van der Waals surface area contributed by atoms with E-state index in [1.54, 1.807) is 18.2 Å². The molecular formula is C24H27N3O4. The van der Waals surface area contributed by atoms with Crippen molar-refractivity contribution in [3.8, 4) is 5.75 Å². The van der Waals surface area contributed by atoms with Crippen LogP contribution in [0.2, 0.25) is 0 Å². The van der Waals surface area contributed by atoms with Crippen molar-refractivity contribution < 1.29 is 19.4 Å². The van der Waals surface area contributed by atoms with Crippen molar-refractivity contribution in [2.24, 2.45) is 5.92 Å². The number of nitrogens with one attached hydrogen (secondary N) is 2. The Morgan fingerprint density at radius 1 is 1.06 bits per heavy atom. The maximum atomic E-state index is 12.7. The van der Waals surface area contributed by atoms with E-state index >= 15 is 0 Å². The number of amides is 1. The van der Waals surface area contributed by atoms with Crippen molar-refractivity contribution in [1.29, 1.82) is 5.41 Å². The van der Waals surface area contributed by atoms with Gasteiger partial charge >= 0.3 is 5.97 Å². The summed E-state index contributed by atoms with van der Waals surface area (Å²) < 4.78 is 5.66. The number of ether oxygens (including phenoxy) is 1. The Labute approximate surface area is 181 Å². The van der Waals surface area contributed by atoms with Gasteiger partial charge in [0.25, 0.3) is 5.91 Å². The van der Waals surface area contributed by atoms with E-state index in [4.69, 9.17) is 15.3 Å². The molecule has 2 aromatic rings. The SMILES string of the molecule is N=C(c1ccc(NC(=O)c2ccc3c(c2)CC(CC(=O)O)CO3)cc1)N1CCCCC1. The Hall–Kier alpha value is -3.35. The van der Waals surface area contributed by atoms with Gasteiger partial charge < -0.3 is 20.1 Å². The summed E-state index contributed by atoms with van der Waals surface area (Å²) in [6.45, 7) is 2.23. The van der Waals surface area contributed by atoms with E-state index in [2.05, 4.69) is 10.2 Å². The Bertz CT molecular complexity index is 981. The Morgan fingerprint density at radius 3 is 2.48 bits per heavy atom. The zero-order chi connectivity index (χ0) is 21.8. The fourth-order valence-corrected chi connectivity index (χ4v) is 4.19. The topological polar surface area (TPSA) is 103 Å². The van der Waals surface area contributed by atoms with E-state index in [9.17, 15) is 9.59 Å². The molecule has 0 radical (unpaired) electrons. The molecule has 7 heteroatoms. The van der Waals surface area contributed by atoms with E-state index in [0.29, 0.717) is 35.9 Å². The highest BCUT2D eigenvalue weighted by Gasteiger charge is 2.23. The third-order valence-electron chi connectivity index (χ3n) is 5.86. The predicted octanol–water partition coefficient (Wildman–Crippen LogP) is 3.78. The number of carboxylic acids is 1. The van der Waals surface area contributed by atoms with Gasteiger partial charge in [0.15, 0.2) is 0 Å². The second-order valence-corrected chi connectivity index (χ2v) is 8.23. The minimum Gasteiger partial charge on any atom is -0.493 e. The maximum Gasteiger partial charge on any atom is 0.303 e. The minimum atomic E-state index is -0.845. The molecule has 1 atom stereocenters. The number of fused-ring (bicyclic) bond motifs is 1. The number of carbonyl (C=O) groups excluding carboxylic acids is 1. The molecule has 1 fully saturated rings. The summed E-state index contributed by atoms with van der Waals surface area (Å²) in [4.78, 5) is 25.8. The highest BCUT2D eigenvalue weighted by Crippen LogP contribution is 2.30. The van der Waals surface area contributed by atoms with Crippen LogP contribution in [-0.2, 0) is 11.2 Å². The first-order chi connectivity index (χ1) is 15.0. The normalized spacial score (nSPS) is 17.9. The number of aliphatic carboxylic acids is 1. The number of hydrogen-bond acceptors (Lipinski definition) is 4. The van der Waals surface area contributed by atoms with E-state index < -0.39 is 5.97 Å². The van der Waals surface area contributed by atoms with Gasteiger partial charge in [0.1, 0.15) is 11.6 Å². The summed E-state index contributed by atoms with van der Waals surface area (Å²) in [5.74, 6) is 0.0674. The lowest BCUT2D eigenvalue weighted by molar-refractivity contribution is -0.138. The van der Waals surface area contributed by atoms with Crippen molar-refractivity contribution in [2.75, 3.05) is 25.0 Å². The first-order valence-electron chi connectivity index (χ1n) is 10.7. The van der Waals surface area contributed by atoms with Crippen molar-refractivity contribution in [3.05, 3.63) is 59.2 Å². The second kappa shape index (κ2) is 9.20. The smallest absolute Gasteiger partial charge is 0.303 e. The lowest BCUT2D eigenvalue weighted by atomic mass is 9.93. The van der Waals surface area contributed by atoms with Crippen molar-refractivity contribution in [3.63, 3.8) is 0 Å². The van der Waals surface area contributed by atoms with Crippen LogP contribution in [0.3, 0.4) is 0 Å². The molecule has 1 saturated heterocycles.